The van der Waals surface area contributed by atoms with Gasteiger partial charge in [-0.25, -0.2) is 0 Å². The van der Waals surface area contributed by atoms with E-state index in [1.807, 2.05) is 12.1 Å². The van der Waals surface area contributed by atoms with E-state index in [0.29, 0.717) is 0 Å². The van der Waals surface area contributed by atoms with Crippen molar-refractivity contribution in [3.05, 3.63) is 29.8 Å². The van der Waals surface area contributed by atoms with Gasteiger partial charge in [0.2, 0.25) is 0 Å². The molecule has 1 aromatic heterocycles. The van der Waals surface area contributed by atoms with Crippen molar-refractivity contribution in [2.45, 2.75) is 84.0 Å². The molecule has 0 spiro atoms. The average Bonchev–Trinajstić information content (AvgIpc) is 3.21. The highest BCUT2D eigenvalue weighted by atomic mass is 32.1. The predicted octanol–water partition coefficient (Wildman–Crippen LogP) is 7.29. The van der Waals surface area contributed by atoms with Crippen LogP contribution in [0.2, 0.25) is 0 Å². The van der Waals surface area contributed by atoms with Crippen LogP contribution in [0.5, 0.6) is 5.75 Å². The first-order chi connectivity index (χ1) is 12.9. The molecule has 2 aromatic rings. The molecule has 0 aliphatic carbocycles. The third-order valence-corrected chi connectivity index (χ3v) is 5.47. The summed E-state index contributed by atoms with van der Waals surface area (Å²) < 4.78 is 5.84. The monoisotopic (exact) mass is 374 g/mol. The summed E-state index contributed by atoms with van der Waals surface area (Å²) in [6.45, 7) is 3.10. The first-order valence-corrected chi connectivity index (χ1v) is 11.3. The molecule has 144 valence electrons. The van der Waals surface area contributed by atoms with Crippen LogP contribution in [0.25, 0.3) is 10.6 Å². The Hall–Kier alpha value is -1.42. The fourth-order valence-electron chi connectivity index (χ4n) is 3.13. The summed E-state index contributed by atoms with van der Waals surface area (Å²) in [6.07, 6.45) is 16.5. The van der Waals surface area contributed by atoms with E-state index in [1.165, 1.54) is 70.6 Å². The molecule has 0 bridgehead atoms. The maximum atomic E-state index is 5.84. The molecule has 26 heavy (non-hydrogen) atoms. The molecule has 0 saturated heterocycles. The molecular formula is C22H34N2OS. The van der Waals surface area contributed by atoms with Crippen molar-refractivity contribution in [3.8, 4) is 16.3 Å². The van der Waals surface area contributed by atoms with Crippen LogP contribution in [0.4, 0.5) is 0 Å². The highest BCUT2D eigenvalue weighted by Gasteiger charge is 2.01. The molecule has 0 radical (unpaired) electrons. The van der Waals surface area contributed by atoms with Gasteiger partial charge >= 0.3 is 0 Å². The number of benzene rings is 1. The summed E-state index contributed by atoms with van der Waals surface area (Å²) in [6, 6.07) is 8.16. The van der Waals surface area contributed by atoms with Crippen molar-refractivity contribution in [1.29, 1.82) is 0 Å². The molecule has 0 saturated carbocycles. The quantitative estimate of drug-likeness (QED) is 0.307. The van der Waals surface area contributed by atoms with Gasteiger partial charge in [0.25, 0.3) is 0 Å². The van der Waals surface area contributed by atoms with Gasteiger partial charge < -0.3 is 4.74 Å². The Kier molecular flexibility index (Phi) is 11.0. The zero-order chi connectivity index (χ0) is 18.3. The third kappa shape index (κ3) is 8.79. The fourth-order valence-corrected chi connectivity index (χ4v) is 3.69. The van der Waals surface area contributed by atoms with Crippen LogP contribution >= 0.6 is 11.3 Å². The van der Waals surface area contributed by atoms with E-state index in [1.54, 1.807) is 16.8 Å². The molecule has 4 heteroatoms. The molecule has 1 aromatic carbocycles. The molecule has 2 rings (SSSR count). The van der Waals surface area contributed by atoms with E-state index in [2.05, 4.69) is 29.3 Å². The smallest absolute Gasteiger partial charge is 0.147 e. The van der Waals surface area contributed by atoms with Crippen molar-refractivity contribution >= 4 is 11.3 Å². The summed E-state index contributed by atoms with van der Waals surface area (Å²) >= 11 is 1.56. The van der Waals surface area contributed by atoms with Crippen LogP contribution in [-0.4, -0.2) is 16.8 Å². The van der Waals surface area contributed by atoms with Gasteiger partial charge in [-0.3, -0.25) is 0 Å². The van der Waals surface area contributed by atoms with Crippen molar-refractivity contribution in [3.63, 3.8) is 0 Å². The van der Waals surface area contributed by atoms with E-state index in [-0.39, 0.29) is 0 Å². The van der Waals surface area contributed by atoms with Gasteiger partial charge in [0.1, 0.15) is 16.3 Å². The van der Waals surface area contributed by atoms with Crippen LogP contribution in [0, 0.1) is 0 Å². The molecule has 0 amide bonds. The lowest BCUT2D eigenvalue weighted by Gasteiger charge is -2.07. The number of hydrogen-bond donors (Lipinski definition) is 0. The molecule has 0 atom stereocenters. The fraction of sp³-hybridized carbons (Fsp3) is 0.636. The number of unbranched alkanes of at least 4 members (excludes halogenated alkanes) is 11. The van der Waals surface area contributed by atoms with Gasteiger partial charge in [-0.05, 0) is 30.7 Å². The molecule has 0 aliphatic rings. The Morgan fingerprint density at radius 2 is 1.35 bits per heavy atom. The minimum Gasteiger partial charge on any atom is -0.494 e. The number of hydrogen-bond acceptors (Lipinski definition) is 4. The highest BCUT2D eigenvalue weighted by Crippen LogP contribution is 2.23. The lowest BCUT2D eigenvalue weighted by Crippen LogP contribution is -1.97. The lowest BCUT2D eigenvalue weighted by molar-refractivity contribution is 0.304. The van der Waals surface area contributed by atoms with Gasteiger partial charge in [0.15, 0.2) is 0 Å². The summed E-state index contributed by atoms with van der Waals surface area (Å²) in [5, 5.41) is 8.91. The molecule has 0 N–H and O–H groups in total. The number of ether oxygens (including phenoxy) is 1. The predicted molar refractivity (Wildman–Crippen MR) is 112 cm³/mol. The first kappa shape index (κ1) is 20.9. The van der Waals surface area contributed by atoms with Crippen molar-refractivity contribution in [2.75, 3.05) is 6.61 Å². The largest absolute Gasteiger partial charge is 0.494 e. The van der Waals surface area contributed by atoms with Gasteiger partial charge in [-0.1, -0.05) is 88.9 Å². The zero-order valence-corrected chi connectivity index (χ0v) is 17.1. The Balaban J connectivity index is 1.41. The summed E-state index contributed by atoms with van der Waals surface area (Å²) in [5.41, 5.74) is 2.86. The molecular weight excluding hydrogens is 340 g/mol. The third-order valence-electron chi connectivity index (χ3n) is 4.73. The Morgan fingerprint density at radius 3 is 1.88 bits per heavy atom. The maximum Gasteiger partial charge on any atom is 0.147 e. The Morgan fingerprint density at radius 1 is 0.769 bits per heavy atom. The molecule has 0 fully saturated rings. The second kappa shape index (κ2) is 13.7. The van der Waals surface area contributed by atoms with Crippen LogP contribution in [-0.2, 0) is 0 Å². The molecule has 1 heterocycles. The topological polar surface area (TPSA) is 35.0 Å². The van der Waals surface area contributed by atoms with E-state index in [0.717, 1.165) is 29.3 Å². The van der Waals surface area contributed by atoms with Crippen LogP contribution in [0.1, 0.15) is 84.0 Å². The van der Waals surface area contributed by atoms with Crippen molar-refractivity contribution < 1.29 is 4.74 Å². The van der Waals surface area contributed by atoms with Gasteiger partial charge in [0.05, 0.1) is 6.61 Å². The summed E-state index contributed by atoms with van der Waals surface area (Å²) in [7, 11) is 0. The minimum atomic E-state index is 0.815. The maximum absolute atomic E-state index is 5.84. The highest BCUT2D eigenvalue weighted by molar-refractivity contribution is 7.12. The Bertz CT molecular complexity index is 554. The second-order valence-corrected chi connectivity index (χ2v) is 7.84. The number of nitrogens with zero attached hydrogens (tertiary/aromatic N) is 2. The van der Waals surface area contributed by atoms with Gasteiger partial charge in [-0.2, -0.15) is 0 Å². The summed E-state index contributed by atoms with van der Waals surface area (Å²) in [4.78, 5) is 0. The van der Waals surface area contributed by atoms with E-state index < -0.39 is 0 Å². The molecule has 3 nitrogen and oxygen atoms in total. The standard InChI is InChI=1S/C22H34N2OS/c1-2-3-4-5-6-7-8-9-10-11-12-13-18-25-21-16-14-20(15-17-21)22-24-23-19-26-22/h14-17,19H,2-13,18H2,1H3. The zero-order valence-electron chi connectivity index (χ0n) is 16.3. The Labute approximate surface area is 163 Å². The number of aromatic nitrogens is 2. The van der Waals surface area contributed by atoms with Crippen LogP contribution in [0.3, 0.4) is 0 Å². The van der Waals surface area contributed by atoms with Crippen LogP contribution < -0.4 is 4.74 Å². The van der Waals surface area contributed by atoms with E-state index >= 15 is 0 Å². The van der Waals surface area contributed by atoms with Crippen molar-refractivity contribution in [2.24, 2.45) is 0 Å². The van der Waals surface area contributed by atoms with Gasteiger partial charge in [0, 0.05) is 5.56 Å². The SMILES string of the molecule is CCCCCCCCCCCCCCOc1ccc(-c2nncs2)cc1. The van der Waals surface area contributed by atoms with Crippen molar-refractivity contribution in [1.82, 2.24) is 10.2 Å². The van der Waals surface area contributed by atoms with Gasteiger partial charge in [-0.15, -0.1) is 10.2 Å². The minimum absolute atomic E-state index is 0.815. The summed E-state index contributed by atoms with van der Waals surface area (Å²) in [5.74, 6) is 0.946. The van der Waals surface area contributed by atoms with E-state index in [9.17, 15) is 0 Å². The number of rotatable bonds is 15. The average molecular weight is 375 g/mol. The second-order valence-electron chi connectivity index (χ2n) is 7.01. The molecule has 0 unspecified atom stereocenters. The van der Waals surface area contributed by atoms with Crippen LogP contribution in [0.15, 0.2) is 29.8 Å². The first-order valence-electron chi connectivity index (χ1n) is 10.4. The van der Waals surface area contributed by atoms with E-state index in [4.69, 9.17) is 4.74 Å². The normalized spacial score (nSPS) is 11.0. The lowest BCUT2D eigenvalue weighted by atomic mass is 10.1. The molecule has 0 aliphatic heterocycles.